The summed E-state index contributed by atoms with van der Waals surface area (Å²) in [6, 6.07) is 8.03. The molecule has 1 aliphatic rings. The van der Waals surface area contributed by atoms with Crippen LogP contribution in [0.5, 0.6) is 0 Å². The van der Waals surface area contributed by atoms with E-state index in [2.05, 4.69) is 20.1 Å². The fraction of sp³-hybridized carbons (Fsp3) is 0.500. The van der Waals surface area contributed by atoms with Crippen molar-refractivity contribution in [3.8, 4) is 11.4 Å². The van der Waals surface area contributed by atoms with Crippen LogP contribution in [0.4, 0.5) is 0 Å². The first-order valence-electron chi connectivity index (χ1n) is 8.79. The minimum Gasteiger partial charge on any atom is -0.383 e. The van der Waals surface area contributed by atoms with Crippen LogP contribution in [0.15, 0.2) is 29.4 Å². The molecule has 1 aliphatic carbocycles. The molecule has 1 saturated carbocycles. The van der Waals surface area contributed by atoms with Gasteiger partial charge in [-0.1, -0.05) is 48.3 Å². The zero-order chi connectivity index (χ0) is 18.4. The average Bonchev–Trinajstić information content (AvgIpc) is 3.30. The van der Waals surface area contributed by atoms with Gasteiger partial charge in [0.05, 0.1) is 17.4 Å². The van der Waals surface area contributed by atoms with Gasteiger partial charge in [-0.2, -0.15) is 0 Å². The maximum atomic E-state index is 12.0. The highest BCUT2D eigenvalue weighted by atomic mass is 35.5. The lowest BCUT2D eigenvalue weighted by atomic mass is 10.2. The van der Waals surface area contributed by atoms with E-state index in [0.717, 1.165) is 29.4 Å². The van der Waals surface area contributed by atoms with Crippen molar-refractivity contribution in [3.63, 3.8) is 0 Å². The van der Waals surface area contributed by atoms with E-state index in [0.29, 0.717) is 30.0 Å². The van der Waals surface area contributed by atoms with E-state index in [4.69, 9.17) is 16.3 Å². The Bertz CT molecular complexity index is 747. The molecule has 0 radical (unpaired) electrons. The van der Waals surface area contributed by atoms with Crippen molar-refractivity contribution in [1.29, 1.82) is 0 Å². The van der Waals surface area contributed by atoms with E-state index in [-0.39, 0.29) is 5.91 Å². The van der Waals surface area contributed by atoms with Gasteiger partial charge in [-0.25, -0.2) is 0 Å². The summed E-state index contributed by atoms with van der Waals surface area (Å²) in [5.41, 5.74) is 0.880. The number of hydrogen-bond acceptors (Lipinski definition) is 5. The van der Waals surface area contributed by atoms with Crippen LogP contribution in [-0.2, 0) is 9.53 Å². The highest BCUT2D eigenvalue weighted by Crippen LogP contribution is 2.38. The molecule has 1 amide bonds. The summed E-state index contributed by atoms with van der Waals surface area (Å²) in [5, 5.41) is 13.0. The molecule has 0 bridgehead atoms. The number of rotatable bonds is 8. The van der Waals surface area contributed by atoms with Crippen LogP contribution in [0, 0.1) is 0 Å². The van der Waals surface area contributed by atoms with Gasteiger partial charge in [0, 0.05) is 25.3 Å². The summed E-state index contributed by atoms with van der Waals surface area (Å²) in [6.07, 6.45) is 4.60. The van der Waals surface area contributed by atoms with Crippen LogP contribution >= 0.6 is 23.4 Å². The normalized spacial score (nSPS) is 14.7. The minimum absolute atomic E-state index is 0.0349. The SMILES string of the molecule is COCCNC(=O)CSc1nnc(-c2ccccc2Cl)n1C1CCCC1. The Hall–Kier alpha value is -1.57. The molecule has 1 N–H and O–H groups in total. The lowest BCUT2D eigenvalue weighted by molar-refractivity contribution is -0.118. The Morgan fingerprint density at radius 3 is 2.85 bits per heavy atom. The molecule has 140 valence electrons. The number of carbonyl (C=O) groups is 1. The summed E-state index contributed by atoms with van der Waals surface area (Å²) in [5.74, 6) is 1.05. The van der Waals surface area contributed by atoms with E-state index < -0.39 is 0 Å². The molecule has 0 atom stereocenters. The number of thioether (sulfide) groups is 1. The van der Waals surface area contributed by atoms with E-state index in [1.807, 2.05) is 24.3 Å². The highest BCUT2D eigenvalue weighted by molar-refractivity contribution is 7.99. The summed E-state index contributed by atoms with van der Waals surface area (Å²) in [7, 11) is 1.61. The molecule has 1 aromatic carbocycles. The maximum absolute atomic E-state index is 12.0. The minimum atomic E-state index is -0.0349. The van der Waals surface area contributed by atoms with Crippen molar-refractivity contribution in [2.24, 2.45) is 0 Å². The second kappa shape index (κ2) is 9.39. The zero-order valence-corrected chi connectivity index (χ0v) is 16.4. The molecular formula is C18H23ClN4O2S. The molecule has 1 fully saturated rings. The molecule has 0 saturated heterocycles. The molecular weight excluding hydrogens is 372 g/mol. The van der Waals surface area contributed by atoms with Gasteiger partial charge in [0.25, 0.3) is 0 Å². The Morgan fingerprint density at radius 1 is 1.35 bits per heavy atom. The molecule has 3 rings (SSSR count). The van der Waals surface area contributed by atoms with Gasteiger partial charge in [0.1, 0.15) is 0 Å². The van der Waals surface area contributed by atoms with Gasteiger partial charge in [-0.05, 0) is 25.0 Å². The van der Waals surface area contributed by atoms with Crippen molar-refractivity contribution in [1.82, 2.24) is 20.1 Å². The van der Waals surface area contributed by atoms with Gasteiger partial charge in [-0.3, -0.25) is 9.36 Å². The highest BCUT2D eigenvalue weighted by Gasteiger charge is 2.26. The largest absolute Gasteiger partial charge is 0.383 e. The second-order valence-corrected chi connectivity index (χ2v) is 7.58. The lowest BCUT2D eigenvalue weighted by Crippen LogP contribution is -2.28. The van der Waals surface area contributed by atoms with Gasteiger partial charge < -0.3 is 10.1 Å². The summed E-state index contributed by atoms with van der Waals surface area (Å²) in [4.78, 5) is 12.0. The number of carbonyl (C=O) groups excluding carboxylic acids is 1. The van der Waals surface area contributed by atoms with Gasteiger partial charge in [-0.15, -0.1) is 10.2 Å². The topological polar surface area (TPSA) is 69.0 Å². The Labute approximate surface area is 162 Å². The van der Waals surface area contributed by atoms with Crippen LogP contribution in [0.1, 0.15) is 31.7 Å². The third kappa shape index (κ3) is 4.58. The summed E-state index contributed by atoms with van der Waals surface area (Å²) >= 11 is 7.80. The second-order valence-electron chi connectivity index (χ2n) is 6.23. The third-order valence-corrected chi connectivity index (χ3v) is 5.70. The van der Waals surface area contributed by atoms with Crippen LogP contribution in [0.2, 0.25) is 5.02 Å². The molecule has 26 heavy (non-hydrogen) atoms. The molecule has 6 nitrogen and oxygen atoms in total. The molecule has 2 aromatic rings. The standard InChI is InChI=1S/C18H23ClN4O2S/c1-25-11-10-20-16(24)12-26-18-22-21-17(14-8-4-5-9-15(14)19)23(18)13-6-2-3-7-13/h4-5,8-9,13H,2-3,6-7,10-12H2,1H3,(H,20,24). The van der Waals surface area contributed by atoms with Gasteiger partial charge >= 0.3 is 0 Å². The number of ether oxygens (including phenoxy) is 1. The lowest BCUT2D eigenvalue weighted by Gasteiger charge is -2.17. The van der Waals surface area contributed by atoms with Crippen molar-refractivity contribution in [2.75, 3.05) is 26.0 Å². The average molecular weight is 395 g/mol. The monoisotopic (exact) mass is 394 g/mol. The zero-order valence-electron chi connectivity index (χ0n) is 14.8. The number of nitrogens with zero attached hydrogens (tertiary/aromatic N) is 3. The first kappa shape index (κ1) is 19.2. The van der Waals surface area contributed by atoms with Gasteiger partial charge in [0.15, 0.2) is 11.0 Å². The van der Waals surface area contributed by atoms with Crippen LogP contribution < -0.4 is 5.32 Å². The van der Waals surface area contributed by atoms with E-state index >= 15 is 0 Å². The summed E-state index contributed by atoms with van der Waals surface area (Å²) < 4.78 is 7.11. The number of aromatic nitrogens is 3. The van der Waals surface area contributed by atoms with Crippen LogP contribution in [-0.4, -0.2) is 46.7 Å². The number of methoxy groups -OCH3 is 1. The Morgan fingerprint density at radius 2 is 2.12 bits per heavy atom. The van der Waals surface area contributed by atoms with Crippen LogP contribution in [0.25, 0.3) is 11.4 Å². The van der Waals surface area contributed by atoms with E-state index in [1.54, 1.807) is 7.11 Å². The molecule has 0 spiro atoms. The van der Waals surface area contributed by atoms with E-state index in [9.17, 15) is 4.79 Å². The quantitative estimate of drug-likeness (QED) is 0.547. The van der Waals surface area contributed by atoms with E-state index in [1.165, 1.54) is 24.6 Å². The summed E-state index contributed by atoms with van der Waals surface area (Å²) in [6.45, 7) is 1.02. The van der Waals surface area contributed by atoms with Crippen molar-refractivity contribution >= 4 is 29.3 Å². The first-order chi connectivity index (χ1) is 12.7. The van der Waals surface area contributed by atoms with Crippen molar-refractivity contribution < 1.29 is 9.53 Å². The predicted octanol–water partition coefficient (Wildman–Crippen LogP) is 3.57. The van der Waals surface area contributed by atoms with Crippen LogP contribution in [0.3, 0.4) is 0 Å². The van der Waals surface area contributed by atoms with Crippen molar-refractivity contribution in [3.05, 3.63) is 29.3 Å². The Kier molecular flexibility index (Phi) is 6.93. The number of amides is 1. The number of hydrogen-bond donors (Lipinski definition) is 1. The Balaban J connectivity index is 1.79. The molecule has 0 unspecified atom stereocenters. The van der Waals surface area contributed by atoms with Gasteiger partial charge in [0.2, 0.25) is 5.91 Å². The molecule has 1 heterocycles. The number of benzene rings is 1. The molecule has 1 aromatic heterocycles. The maximum Gasteiger partial charge on any atom is 0.230 e. The fourth-order valence-corrected chi connectivity index (χ4v) is 4.22. The number of halogens is 1. The van der Waals surface area contributed by atoms with Crippen molar-refractivity contribution in [2.45, 2.75) is 36.9 Å². The smallest absolute Gasteiger partial charge is 0.230 e. The molecule has 8 heteroatoms. The number of nitrogens with one attached hydrogen (secondary N) is 1. The first-order valence-corrected chi connectivity index (χ1v) is 10.1. The third-order valence-electron chi connectivity index (χ3n) is 4.43. The fourth-order valence-electron chi connectivity index (χ4n) is 3.17. The predicted molar refractivity (Wildman–Crippen MR) is 104 cm³/mol. The molecule has 0 aliphatic heterocycles.